The summed E-state index contributed by atoms with van der Waals surface area (Å²) in [6.45, 7) is 0. The molecule has 3 heteroatoms. The second-order valence-electron chi connectivity index (χ2n) is 12.8. The third-order valence-corrected chi connectivity index (χ3v) is 9.48. The van der Waals surface area contributed by atoms with E-state index in [4.69, 9.17) is 0 Å². The predicted molar refractivity (Wildman–Crippen MR) is 221 cm³/mol. The molecule has 0 atom stereocenters. The lowest BCUT2D eigenvalue weighted by Crippen LogP contribution is -2.09. The van der Waals surface area contributed by atoms with Gasteiger partial charge in [0.25, 0.3) is 0 Å². The molecule has 52 heavy (non-hydrogen) atoms. The third kappa shape index (κ3) is 6.94. The normalized spacial score (nSPS) is 10.8. The maximum Gasteiger partial charge on any atom is 0.0462 e. The van der Waals surface area contributed by atoms with Crippen LogP contribution >= 0.6 is 0 Å². The first-order valence-corrected chi connectivity index (χ1v) is 17.7. The number of rotatable bonds is 10. The highest BCUT2D eigenvalue weighted by Gasteiger charge is 2.14. The lowest BCUT2D eigenvalue weighted by atomic mass is 10.0. The van der Waals surface area contributed by atoms with Gasteiger partial charge in [-0.05, 0) is 119 Å². The minimum atomic E-state index is 1.12. The molecule has 0 aliphatic heterocycles. The molecule has 0 amide bonds. The maximum atomic E-state index is 2.29. The SMILES string of the molecule is CN(c1ccc(-c2ccc(N(c3ccccc3)c3ccccc3)cc2)cc1)c1ccc(-c2ccc(N(c3ccccc3)c3ccccc3)cc2)cc1. The molecule has 3 nitrogen and oxygen atoms in total. The molecule has 8 rings (SSSR count). The molecule has 8 aromatic rings. The fraction of sp³-hybridized carbons (Fsp3) is 0.0204. The Morgan fingerprint density at radius 1 is 0.212 bits per heavy atom. The molecule has 250 valence electrons. The zero-order valence-electron chi connectivity index (χ0n) is 29.1. The number of para-hydroxylation sites is 4. The van der Waals surface area contributed by atoms with Crippen LogP contribution in [0, 0.1) is 0 Å². The van der Waals surface area contributed by atoms with Crippen molar-refractivity contribution in [2.75, 3.05) is 21.7 Å². The van der Waals surface area contributed by atoms with Crippen molar-refractivity contribution >= 4 is 45.5 Å². The zero-order chi connectivity index (χ0) is 35.1. The first-order valence-electron chi connectivity index (χ1n) is 17.7. The summed E-state index contributed by atoms with van der Waals surface area (Å²) in [6, 6.07) is 77.3. The van der Waals surface area contributed by atoms with Gasteiger partial charge in [-0.3, -0.25) is 0 Å². The fourth-order valence-electron chi connectivity index (χ4n) is 6.71. The zero-order valence-corrected chi connectivity index (χ0v) is 29.1. The molecule has 0 saturated carbocycles. The van der Waals surface area contributed by atoms with Crippen LogP contribution in [0.2, 0.25) is 0 Å². The van der Waals surface area contributed by atoms with Crippen molar-refractivity contribution in [2.24, 2.45) is 0 Å². The molecule has 0 radical (unpaired) electrons. The van der Waals surface area contributed by atoms with Gasteiger partial charge < -0.3 is 14.7 Å². The van der Waals surface area contributed by atoms with Gasteiger partial charge in [0.05, 0.1) is 0 Å². The Labute approximate surface area is 306 Å². The molecule has 0 N–H and O–H groups in total. The van der Waals surface area contributed by atoms with E-state index in [1.54, 1.807) is 0 Å². The smallest absolute Gasteiger partial charge is 0.0462 e. The number of benzene rings is 8. The Kier molecular flexibility index (Phi) is 9.31. The number of hydrogen-bond donors (Lipinski definition) is 0. The van der Waals surface area contributed by atoms with Crippen molar-refractivity contribution in [3.8, 4) is 22.3 Å². The topological polar surface area (TPSA) is 9.72 Å². The maximum absolute atomic E-state index is 2.29. The van der Waals surface area contributed by atoms with Crippen molar-refractivity contribution in [2.45, 2.75) is 0 Å². The van der Waals surface area contributed by atoms with E-state index in [2.05, 4.69) is 240 Å². The lowest BCUT2D eigenvalue weighted by Gasteiger charge is -2.25. The van der Waals surface area contributed by atoms with Gasteiger partial charge in [-0.1, -0.05) is 121 Å². The van der Waals surface area contributed by atoms with E-state index in [1.165, 1.54) is 22.3 Å². The van der Waals surface area contributed by atoms with Gasteiger partial charge in [-0.25, -0.2) is 0 Å². The van der Waals surface area contributed by atoms with Gasteiger partial charge in [0.15, 0.2) is 0 Å². The quantitative estimate of drug-likeness (QED) is 0.143. The summed E-state index contributed by atoms with van der Waals surface area (Å²) in [5.74, 6) is 0. The van der Waals surface area contributed by atoms with Gasteiger partial charge >= 0.3 is 0 Å². The number of nitrogens with zero attached hydrogens (tertiary/aromatic N) is 3. The number of anilines is 8. The molecule has 8 aromatic carbocycles. The summed E-state index contributed by atoms with van der Waals surface area (Å²) in [6.07, 6.45) is 0. The molecule has 0 bridgehead atoms. The Morgan fingerprint density at radius 3 is 0.635 bits per heavy atom. The van der Waals surface area contributed by atoms with Crippen LogP contribution in [0.4, 0.5) is 45.5 Å². The molecule has 0 saturated heterocycles. The molecular formula is C49H39N3. The molecule has 0 aliphatic carbocycles. The second kappa shape index (κ2) is 15.0. The largest absolute Gasteiger partial charge is 0.345 e. The molecular weight excluding hydrogens is 631 g/mol. The van der Waals surface area contributed by atoms with Crippen LogP contribution in [0.5, 0.6) is 0 Å². The van der Waals surface area contributed by atoms with E-state index in [-0.39, 0.29) is 0 Å². The van der Waals surface area contributed by atoms with Crippen molar-refractivity contribution in [3.05, 3.63) is 218 Å². The number of hydrogen-bond acceptors (Lipinski definition) is 3. The van der Waals surface area contributed by atoms with E-state index in [0.717, 1.165) is 45.5 Å². The van der Waals surface area contributed by atoms with Crippen molar-refractivity contribution in [1.29, 1.82) is 0 Å². The summed E-state index contributed by atoms with van der Waals surface area (Å²) >= 11 is 0. The predicted octanol–water partition coefficient (Wildman–Crippen LogP) is 13.7. The lowest BCUT2D eigenvalue weighted by molar-refractivity contribution is 1.21. The molecule has 0 unspecified atom stereocenters. The van der Waals surface area contributed by atoms with E-state index < -0.39 is 0 Å². The molecule has 0 spiro atoms. The van der Waals surface area contributed by atoms with E-state index in [9.17, 15) is 0 Å². The summed E-state index contributed by atoms with van der Waals surface area (Å²) < 4.78 is 0. The summed E-state index contributed by atoms with van der Waals surface area (Å²) in [5, 5.41) is 0. The van der Waals surface area contributed by atoms with E-state index in [1.807, 2.05) is 0 Å². The van der Waals surface area contributed by atoms with Gasteiger partial charge in [-0.15, -0.1) is 0 Å². The van der Waals surface area contributed by atoms with Crippen molar-refractivity contribution in [3.63, 3.8) is 0 Å². The molecule has 0 fully saturated rings. The van der Waals surface area contributed by atoms with Gasteiger partial charge in [0.1, 0.15) is 0 Å². The second-order valence-corrected chi connectivity index (χ2v) is 12.8. The Hall–Kier alpha value is -6.84. The Balaban J connectivity index is 0.966. The van der Waals surface area contributed by atoms with Gasteiger partial charge in [0.2, 0.25) is 0 Å². The standard InChI is InChI=1S/C49H39N3/c1-50(42-30-22-38(23-31-42)40-26-34-48(35-27-40)51(44-14-6-2-7-15-44)45-16-8-3-9-17-45)43-32-24-39(25-33-43)41-28-36-49(37-29-41)52(46-18-10-4-11-19-46)47-20-12-5-13-21-47/h2-37H,1H3. The van der Waals surface area contributed by atoms with Crippen LogP contribution in [0.1, 0.15) is 0 Å². The van der Waals surface area contributed by atoms with Crippen molar-refractivity contribution < 1.29 is 0 Å². The Bertz CT molecular complexity index is 2060. The summed E-state index contributed by atoms with van der Waals surface area (Å²) in [7, 11) is 2.12. The van der Waals surface area contributed by atoms with E-state index in [0.29, 0.717) is 0 Å². The minimum absolute atomic E-state index is 1.12. The van der Waals surface area contributed by atoms with Crippen LogP contribution in [0.3, 0.4) is 0 Å². The highest BCUT2D eigenvalue weighted by Crippen LogP contribution is 2.37. The molecule has 0 aliphatic rings. The third-order valence-electron chi connectivity index (χ3n) is 9.48. The summed E-state index contributed by atoms with van der Waals surface area (Å²) in [4.78, 5) is 6.80. The Morgan fingerprint density at radius 2 is 0.404 bits per heavy atom. The van der Waals surface area contributed by atoms with Crippen molar-refractivity contribution in [1.82, 2.24) is 0 Å². The van der Waals surface area contributed by atoms with Gasteiger partial charge in [0, 0.05) is 52.5 Å². The average molecular weight is 670 g/mol. The first kappa shape index (κ1) is 32.4. The highest BCUT2D eigenvalue weighted by atomic mass is 15.1. The molecule has 0 aromatic heterocycles. The van der Waals surface area contributed by atoms with E-state index >= 15 is 0 Å². The van der Waals surface area contributed by atoms with Gasteiger partial charge in [-0.2, -0.15) is 0 Å². The van der Waals surface area contributed by atoms with Crippen LogP contribution in [-0.4, -0.2) is 7.05 Å². The monoisotopic (exact) mass is 669 g/mol. The highest BCUT2D eigenvalue weighted by molar-refractivity contribution is 5.80. The molecule has 0 heterocycles. The van der Waals surface area contributed by atoms with Crippen LogP contribution < -0.4 is 14.7 Å². The first-order chi connectivity index (χ1) is 25.7. The van der Waals surface area contributed by atoms with Crippen LogP contribution in [0.25, 0.3) is 22.3 Å². The fourth-order valence-corrected chi connectivity index (χ4v) is 6.71. The van der Waals surface area contributed by atoms with Crippen LogP contribution in [0.15, 0.2) is 218 Å². The van der Waals surface area contributed by atoms with Crippen LogP contribution in [-0.2, 0) is 0 Å². The average Bonchev–Trinajstić information content (AvgIpc) is 3.23. The minimum Gasteiger partial charge on any atom is -0.345 e. The summed E-state index contributed by atoms with van der Waals surface area (Å²) in [5.41, 5.74) is 13.8.